The molecular weight excluding hydrogens is 130 g/mol. The van der Waals surface area contributed by atoms with Crippen molar-refractivity contribution < 1.29 is 9.90 Å². The SMILES string of the molecule is C#C[C@@]1(CO)CCNC1=O. The summed E-state index contributed by atoms with van der Waals surface area (Å²) in [7, 11) is 0. The monoisotopic (exact) mass is 139 g/mol. The van der Waals surface area contributed by atoms with E-state index >= 15 is 0 Å². The quantitative estimate of drug-likeness (QED) is 0.463. The average Bonchev–Trinajstić information content (AvgIpc) is 2.32. The Bertz CT molecular complexity index is 194. The predicted octanol–water partition coefficient (Wildman–Crippen LogP) is -0.882. The van der Waals surface area contributed by atoms with Gasteiger partial charge in [-0.05, 0) is 6.42 Å². The van der Waals surface area contributed by atoms with Crippen LogP contribution in [-0.2, 0) is 4.79 Å². The van der Waals surface area contributed by atoms with Crippen molar-refractivity contribution in [3.8, 4) is 12.3 Å². The average molecular weight is 139 g/mol. The summed E-state index contributed by atoms with van der Waals surface area (Å²) in [5.74, 6) is 2.09. The topological polar surface area (TPSA) is 49.3 Å². The van der Waals surface area contributed by atoms with E-state index in [1.807, 2.05) is 0 Å². The smallest absolute Gasteiger partial charge is 0.240 e. The van der Waals surface area contributed by atoms with E-state index in [-0.39, 0.29) is 12.5 Å². The molecule has 0 saturated carbocycles. The Morgan fingerprint density at radius 3 is 2.80 bits per heavy atom. The predicted molar refractivity (Wildman–Crippen MR) is 36.0 cm³/mol. The first-order valence-corrected chi connectivity index (χ1v) is 3.12. The third-order valence-corrected chi connectivity index (χ3v) is 1.82. The van der Waals surface area contributed by atoms with Crippen LogP contribution in [0, 0.1) is 17.8 Å². The van der Waals surface area contributed by atoms with Gasteiger partial charge in [0.1, 0.15) is 5.41 Å². The summed E-state index contributed by atoms with van der Waals surface area (Å²) in [6.45, 7) is 0.318. The van der Waals surface area contributed by atoms with Crippen LogP contribution in [0.4, 0.5) is 0 Å². The van der Waals surface area contributed by atoms with E-state index in [0.29, 0.717) is 13.0 Å². The van der Waals surface area contributed by atoms with Crippen LogP contribution in [0.1, 0.15) is 6.42 Å². The largest absolute Gasteiger partial charge is 0.394 e. The van der Waals surface area contributed by atoms with Gasteiger partial charge in [0.2, 0.25) is 5.91 Å². The van der Waals surface area contributed by atoms with Crippen LogP contribution in [0.25, 0.3) is 0 Å². The third kappa shape index (κ3) is 0.775. The molecule has 1 saturated heterocycles. The molecule has 0 aliphatic carbocycles. The minimum atomic E-state index is -0.931. The maximum absolute atomic E-state index is 10.9. The fourth-order valence-electron chi connectivity index (χ4n) is 1.01. The number of carbonyl (C=O) groups excluding carboxylic acids is 1. The molecule has 0 bridgehead atoms. The van der Waals surface area contributed by atoms with Crippen molar-refractivity contribution in [3.05, 3.63) is 0 Å². The molecule has 1 heterocycles. The summed E-state index contributed by atoms with van der Waals surface area (Å²) in [4.78, 5) is 10.9. The molecule has 54 valence electrons. The summed E-state index contributed by atoms with van der Waals surface area (Å²) in [6, 6.07) is 0. The van der Waals surface area contributed by atoms with Crippen molar-refractivity contribution in [2.75, 3.05) is 13.2 Å². The highest BCUT2D eigenvalue weighted by molar-refractivity contribution is 5.87. The molecule has 0 spiro atoms. The summed E-state index contributed by atoms with van der Waals surface area (Å²) in [5, 5.41) is 11.4. The van der Waals surface area contributed by atoms with Crippen LogP contribution >= 0.6 is 0 Å². The first-order chi connectivity index (χ1) is 4.75. The molecule has 1 aliphatic heterocycles. The standard InChI is InChI=1S/C7H9NO2/c1-2-7(5-9)3-4-8-6(7)10/h1,9H,3-5H2,(H,8,10)/t7-/m0/s1. The number of nitrogens with one attached hydrogen (secondary N) is 1. The van der Waals surface area contributed by atoms with E-state index in [4.69, 9.17) is 11.5 Å². The normalized spacial score (nSPS) is 31.4. The molecule has 10 heavy (non-hydrogen) atoms. The van der Waals surface area contributed by atoms with Gasteiger partial charge in [-0.15, -0.1) is 6.42 Å². The molecule has 2 N–H and O–H groups in total. The van der Waals surface area contributed by atoms with Crippen LogP contribution in [0.15, 0.2) is 0 Å². The van der Waals surface area contributed by atoms with Gasteiger partial charge in [0.15, 0.2) is 0 Å². The fourth-order valence-corrected chi connectivity index (χ4v) is 1.01. The number of rotatable bonds is 1. The van der Waals surface area contributed by atoms with Gasteiger partial charge in [-0.2, -0.15) is 0 Å². The van der Waals surface area contributed by atoms with E-state index in [9.17, 15) is 4.79 Å². The lowest BCUT2D eigenvalue weighted by atomic mass is 9.89. The van der Waals surface area contributed by atoms with Crippen molar-refractivity contribution in [1.82, 2.24) is 5.32 Å². The lowest BCUT2D eigenvalue weighted by Gasteiger charge is -2.14. The number of carbonyl (C=O) groups is 1. The van der Waals surface area contributed by atoms with Gasteiger partial charge in [0.05, 0.1) is 6.61 Å². The van der Waals surface area contributed by atoms with Crippen molar-refractivity contribution in [1.29, 1.82) is 0 Å². The Kier molecular flexibility index (Phi) is 1.64. The highest BCUT2D eigenvalue weighted by Crippen LogP contribution is 2.24. The van der Waals surface area contributed by atoms with Crippen LogP contribution in [0.2, 0.25) is 0 Å². The molecule has 1 fully saturated rings. The van der Waals surface area contributed by atoms with E-state index < -0.39 is 5.41 Å². The molecule has 1 atom stereocenters. The zero-order valence-corrected chi connectivity index (χ0v) is 5.55. The minimum absolute atomic E-state index is 0.225. The molecule has 1 rings (SSSR count). The van der Waals surface area contributed by atoms with Crippen molar-refractivity contribution in [2.24, 2.45) is 5.41 Å². The van der Waals surface area contributed by atoms with Gasteiger partial charge in [-0.1, -0.05) is 5.92 Å². The van der Waals surface area contributed by atoms with Crippen molar-refractivity contribution in [2.45, 2.75) is 6.42 Å². The molecule has 0 unspecified atom stereocenters. The molecule has 0 radical (unpaired) electrons. The van der Waals surface area contributed by atoms with Crippen LogP contribution in [0.5, 0.6) is 0 Å². The minimum Gasteiger partial charge on any atom is -0.394 e. The van der Waals surface area contributed by atoms with E-state index in [0.717, 1.165) is 0 Å². The first kappa shape index (κ1) is 7.10. The summed E-state index contributed by atoms with van der Waals surface area (Å²) in [5.41, 5.74) is -0.931. The zero-order chi connectivity index (χ0) is 7.61. The van der Waals surface area contributed by atoms with E-state index in [2.05, 4.69) is 11.2 Å². The molecule has 3 heteroatoms. The molecule has 1 aliphatic rings. The zero-order valence-electron chi connectivity index (χ0n) is 5.55. The number of amides is 1. The lowest BCUT2D eigenvalue weighted by Crippen LogP contribution is -2.32. The molecule has 0 aromatic carbocycles. The van der Waals surface area contributed by atoms with E-state index in [1.165, 1.54) is 0 Å². The van der Waals surface area contributed by atoms with Gasteiger partial charge >= 0.3 is 0 Å². The molecule has 1 amide bonds. The Morgan fingerprint density at radius 2 is 2.60 bits per heavy atom. The second-order valence-electron chi connectivity index (χ2n) is 2.39. The van der Waals surface area contributed by atoms with Gasteiger partial charge < -0.3 is 10.4 Å². The lowest BCUT2D eigenvalue weighted by molar-refractivity contribution is -0.126. The van der Waals surface area contributed by atoms with Crippen LogP contribution < -0.4 is 5.32 Å². The van der Waals surface area contributed by atoms with E-state index in [1.54, 1.807) is 0 Å². The molecule has 3 nitrogen and oxygen atoms in total. The Morgan fingerprint density at radius 1 is 1.90 bits per heavy atom. The number of hydrogen-bond acceptors (Lipinski definition) is 2. The number of aliphatic hydroxyl groups is 1. The van der Waals surface area contributed by atoms with Crippen LogP contribution in [0.3, 0.4) is 0 Å². The second-order valence-corrected chi connectivity index (χ2v) is 2.39. The number of aliphatic hydroxyl groups excluding tert-OH is 1. The fraction of sp³-hybridized carbons (Fsp3) is 0.571. The molecule has 0 aromatic heterocycles. The third-order valence-electron chi connectivity index (χ3n) is 1.82. The molecular formula is C7H9NO2. The van der Waals surface area contributed by atoms with Gasteiger partial charge in [0.25, 0.3) is 0 Å². The summed E-state index contributed by atoms with van der Waals surface area (Å²) >= 11 is 0. The van der Waals surface area contributed by atoms with Crippen molar-refractivity contribution >= 4 is 5.91 Å². The van der Waals surface area contributed by atoms with Crippen molar-refractivity contribution in [3.63, 3.8) is 0 Å². The summed E-state index contributed by atoms with van der Waals surface area (Å²) < 4.78 is 0. The number of terminal acetylenes is 1. The van der Waals surface area contributed by atoms with Gasteiger partial charge in [-0.3, -0.25) is 4.79 Å². The number of hydrogen-bond donors (Lipinski definition) is 2. The Labute approximate surface area is 59.4 Å². The van der Waals surface area contributed by atoms with Gasteiger partial charge in [0, 0.05) is 6.54 Å². The van der Waals surface area contributed by atoms with Crippen LogP contribution in [-0.4, -0.2) is 24.2 Å². The summed E-state index contributed by atoms with van der Waals surface area (Å²) in [6.07, 6.45) is 5.64. The highest BCUT2D eigenvalue weighted by atomic mass is 16.3. The Balaban J connectivity index is 2.84. The Hall–Kier alpha value is -1.01. The first-order valence-electron chi connectivity index (χ1n) is 3.12. The maximum atomic E-state index is 10.9. The highest BCUT2D eigenvalue weighted by Gasteiger charge is 2.39. The van der Waals surface area contributed by atoms with Gasteiger partial charge in [-0.25, -0.2) is 0 Å². The molecule has 0 aromatic rings. The maximum Gasteiger partial charge on any atom is 0.240 e. The second kappa shape index (κ2) is 2.31.